The molecule has 1 saturated heterocycles. The quantitative estimate of drug-likeness (QED) is 0.575. The highest BCUT2D eigenvalue weighted by Gasteiger charge is 2.37. The summed E-state index contributed by atoms with van der Waals surface area (Å²) in [4.78, 5) is 25.0. The Balaban J connectivity index is 2.82. The normalized spacial score (nSPS) is 21.8. The molecule has 0 radical (unpaired) electrons. The zero-order valence-electron chi connectivity index (χ0n) is 9.95. The highest BCUT2D eigenvalue weighted by atomic mass is 16.5. The zero-order chi connectivity index (χ0) is 12.3. The van der Waals surface area contributed by atoms with Crippen LogP contribution < -0.4 is 11.1 Å². The van der Waals surface area contributed by atoms with Crippen LogP contribution in [0, 0.1) is 0 Å². The molecule has 16 heavy (non-hydrogen) atoms. The van der Waals surface area contributed by atoms with E-state index in [9.17, 15) is 9.59 Å². The number of piperazine rings is 1. The van der Waals surface area contributed by atoms with Crippen LogP contribution >= 0.6 is 0 Å². The molecular weight excluding hydrogens is 210 g/mol. The van der Waals surface area contributed by atoms with E-state index in [0.717, 1.165) is 0 Å². The van der Waals surface area contributed by atoms with Crippen LogP contribution in [0.2, 0.25) is 0 Å². The fourth-order valence-corrected chi connectivity index (χ4v) is 1.66. The second-order valence-corrected chi connectivity index (χ2v) is 4.46. The molecule has 1 heterocycles. The second kappa shape index (κ2) is 4.80. The highest BCUT2D eigenvalue weighted by Crippen LogP contribution is 2.11. The minimum absolute atomic E-state index is 0.232. The summed E-state index contributed by atoms with van der Waals surface area (Å²) in [6, 6.07) is -0.575. The summed E-state index contributed by atoms with van der Waals surface area (Å²) in [5.41, 5.74) is 4.78. The molecule has 3 N–H and O–H groups in total. The van der Waals surface area contributed by atoms with Gasteiger partial charge in [-0.1, -0.05) is 0 Å². The van der Waals surface area contributed by atoms with Crippen molar-refractivity contribution < 1.29 is 14.3 Å². The van der Waals surface area contributed by atoms with E-state index in [4.69, 9.17) is 5.73 Å². The first kappa shape index (κ1) is 12.9. The van der Waals surface area contributed by atoms with Crippen LogP contribution in [0.5, 0.6) is 0 Å². The van der Waals surface area contributed by atoms with Crippen LogP contribution in [-0.2, 0) is 14.3 Å². The first-order chi connectivity index (χ1) is 7.38. The molecule has 1 rings (SSSR count). The minimum Gasteiger partial charge on any atom is -0.467 e. The van der Waals surface area contributed by atoms with Crippen LogP contribution in [0.25, 0.3) is 0 Å². The van der Waals surface area contributed by atoms with Gasteiger partial charge in [-0.05, 0) is 13.8 Å². The van der Waals surface area contributed by atoms with Crippen molar-refractivity contribution in [3.05, 3.63) is 0 Å². The van der Waals surface area contributed by atoms with Crippen LogP contribution in [0.1, 0.15) is 13.8 Å². The molecule has 0 aliphatic carbocycles. The molecule has 6 heteroatoms. The maximum absolute atomic E-state index is 12.0. The van der Waals surface area contributed by atoms with E-state index >= 15 is 0 Å². The van der Waals surface area contributed by atoms with Crippen molar-refractivity contribution in [2.75, 3.05) is 26.7 Å². The molecule has 0 unspecified atom stereocenters. The van der Waals surface area contributed by atoms with Crippen molar-refractivity contribution in [2.24, 2.45) is 5.73 Å². The summed E-state index contributed by atoms with van der Waals surface area (Å²) in [5.74, 6) is -0.644. The number of carbonyl (C=O) groups is 2. The molecule has 0 aromatic rings. The van der Waals surface area contributed by atoms with E-state index in [1.165, 1.54) is 12.0 Å². The maximum Gasteiger partial charge on any atom is 0.329 e. The van der Waals surface area contributed by atoms with Gasteiger partial charge in [0, 0.05) is 19.6 Å². The number of carbonyl (C=O) groups excluding carboxylic acids is 2. The van der Waals surface area contributed by atoms with Crippen LogP contribution in [0.3, 0.4) is 0 Å². The molecule has 0 aromatic heterocycles. The summed E-state index contributed by atoms with van der Waals surface area (Å²) in [6.45, 7) is 4.81. The fraction of sp³-hybridized carbons (Fsp3) is 0.800. The Bertz CT molecular complexity index is 286. The molecule has 6 nitrogen and oxygen atoms in total. The van der Waals surface area contributed by atoms with Gasteiger partial charge in [0.2, 0.25) is 5.91 Å². The molecule has 1 aliphatic heterocycles. The Morgan fingerprint density at radius 3 is 2.62 bits per heavy atom. The molecule has 1 atom stereocenters. The Morgan fingerprint density at radius 1 is 1.50 bits per heavy atom. The average Bonchev–Trinajstić information content (AvgIpc) is 2.25. The van der Waals surface area contributed by atoms with Gasteiger partial charge < -0.3 is 20.7 Å². The summed E-state index contributed by atoms with van der Waals surface area (Å²) in [6.07, 6.45) is 0. The summed E-state index contributed by atoms with van der Waals surface area (Å²) in [5, 5.41) is 3.05. The molecule has 0 spiro atoms. The maximum atomic E-state index is 12.0. The Kier molecular flexibility index (Phi) is 3.88. The molecule has 92 valence electrons. The molecule has 1 amide bonds. The van der Waals surface area contributed by atoms with Gasteiger partial charge in [-0.2, -0.15) is 0 Å². The van der Waals surface area contributed by atoms with Gasteiger partial charge in [0.25, 0.3) is 0 Å². The molecule has 0 saturated carbocycles. The topological polar surface area (TPSA) is 84.7 Å². The number of nitrogens with zero attached hydrogens (tertiary/aromatic N) is 1. The molecular formula is C10H19N3O3. The number of nitrogens with two attached hydrogens (primary N) is 1. The summed E-state index contributed by atoms with van der Waals surface area (Å²) in [7, 11) is 1.31. The predicted octanol–water partition coefficient (Wildman–Crippen LogP) is -1.30. The summed E-state index contributed by atoms with van der Waals surface area (Å²) < 4.78 is 4.67. The number of methoxy groups -OCH3 is 1. The lowest BCUT2D eigenvalue weighted by Gasteiger charge is -2.37. The van der Waals surface area contributed by atoms with Gasteiger partial charge in [-0.3, -0.25) is 4.79 Å². The number of esters is 1. The third-order valence-corrected chi connectivity index (χ3v) is 2.53. The van der Waals surface area contributed by atoms with Gasteiger partial charge in [0.1, 0.15) is 6.04 Å². The zero-order valence-corrected chi connectivity index (χ0v) is 9.95. The van der Waals surface area contributed by atoms with E-state index in [1.807, 2.05) is 0 Å². The van der Waals surface area contributed by atoms with Crippen molar-refractivity contribution in [2.45, 2.75) is 25.4 Å². The number of rotatable bonds is 2. The molecule has 0 aromatic carbocycles. The summed E-state index contributed by atoms with van der Waals surface area (Å²) >= 11 is 0. The standard InChI is InChI=1S/C10H19N3O3/c1-10(2,11)9(15)13-5-4-12-6-7(13)8(14)16-3/h7,12H,4-6,11H2,1-3H3/t7-/m0/s1. The molecule has 1 fully saturated rings. The van der Waals surface area contributed by atoms with Crippen molar-refractivity contribution in [3.63, 3.8) is 0 Å². The van der Waals surface area contributed by atoms with Crippen LogP contribution in [0.4, 0.5) is 0 Å². The van der Waals surface area contributed by atoms with E-state index < -0.39 is 17.6 Å². The van der Waals surface area contributed by atoms with E-state index in [-0.39, 0.29) is 5.91 Å². The lowest BCUT2D eigenvalue weighted by atomic mass is 10.0. The van der Waals surface area contributed by atoms with E-state index in [0.29, 0.717) is 19.6 Å². The van der Waals surface area contributed by atoms with Crippen molar-refractivity contribution in [1.29, 1.82) is 0 Å². The third-order valence-electron chi connectivity index (χ3n) is 2.53. The number of hydrogen-bond donors (Lipinski definition) is 2. The third kappa shape index (κ3) is 2.70. The molecule has 0 bridgehead atoms. The number of ether oxygens (including phenoxy) is 1. The fourth-order valence-electron chi connectivity index (χ4n) is 1.66. The monoisotopic (exact) mass is 229 g/mol. The van der Waals surface area contributed by atoms with Gasteiger partial charge >= 0.3 is 5.97 Å². The van der Waals surface area contributed by atoms with Crippen molar-refractivity contribution in [3.8, 4) is 0 Å². The van der Waals surface area contributed by atoms with Crippen LogP contribution in [-0.4, -0.2) is 55.1 Å². The smallest absolute Gasteiger partial charge is 0.329 e. The minimum atomic E-state index is -0.969. The Hall–Kier alpha value is -1.14. The largest absolute Gasteiger partial charge is 0.467 e. The SMILES string of the molecule is COC(=O)[C@@H]1CNCCN1C(=O)C(C)(C)N. The molecule has 1 aliphatic rings. The second-order valence-electron chi connectivity index (χ2n) is 4.46. The lowest BCUT2D eigenvalue weighted by molar-refractivity contribution is -0.155. The van der Waals surface area contributed by atoms with Gasteiger partial charge in [0.05, 0.1) is 12.6 Å². The van der Waals surface area contributed by atoms with Gasteiger partial charge in [-0.25, -0.2) is 4.79 Å². The number of nitrogens with one attached hydrogen (secondary N) is 1. The average molecular weight is 229 g/mol. The number of hydrogen-bond acceptors (Lipinski definition) is 5. The number of amides is 1. The lowest BCUT2D eigenvalue weighted by Crippen LogP contribution is -2.62. The van der Waals surface area contributed by atoms with Gasteiger partial charge in [0.15, 0.2) is 0 Å². The highest BCUT2D eigenvalue weighted by molar-refractivity contribution is 5.90. The van der Waals surface area contributed by atoms with E-state index in [1.54, 1.807) is 13.8 Å². The Labute approximate surface area is 95.1 Å². The Morgan fingerprint density at radius 2 is 2.12 bits per heavy atom. The van der Waals surface area contributed by atoms with Crippen molar-refractivity contribution in [1.82, 2.24) is 10.2 Å². The predicted molar refractivity (Wildman–Crippen MR) is 58.7 cm³/mol. The first-order valence-electron chi connectivity index (χ1n) is 5.26. The van der Waals surface area contributed by atoms with Gasteiger partial charge in [-0.15, -0.1) is 0 Å². The first-order valence-corrected chi connectivity index (χ1v) is 5.26. The van der Waals surface area contributed by atoms with Crippen LogP contribution in [0.15, 0.2) is 0 Å². The van der Waals surface area contributed by atoms with E-state index in [2.05, 4.69) is 10.1 Å². The van der Waals surface area contributed by atoms with Crippen molar-refractivity contribution >= 4 is 11.9 Å².